The molecule has 0 spiro atoms. The summed E-state index contributed by atoms with van der Waals surface area (Å²) in [5.41, 5.74) is 2.94. The Hall–Kier alpha value is -1.85. The lowest BCUT2D eigenvalue weighted by Crippen LogP contribution is -2.28. The molecule has 2 heterocycles. The zero-order valence-corrected chi connectivity index (χ0v) is 14.2. The van der Waals surface area contributed by atoms with Crippen LogP contribution in [-0.2, 0) is 0 Å². The van der Waals surface area contributed by atoms with E-state index in [1.54, 1.807) is 41.8 Å². The molecule has 0 saturated carbocycles. The maximum absolute atomic E-state index is 12.0. The molecular weight excluding hydrogens is 330 g/mol. The predicted octanol–water partition coefficient (Wildman–Crippen LogP) is 4.16. The van der Waals surface area contributed by atoms with Gasteiger partial charge in [-0.05, 0) is 43.5 Å². The van der Waals surface area contributed by atoms with Gasteiger partial charge in [-0.15, -0.1) is 11.3 Å². The quantitative estimate of drug-likeness (QED) is 0.666. The molecule has 1 aliphatic rings. The monoisotopic (exact) mass is 347 g/mol. The van der Waals surface area contributed by atoms with Crippen LogP contribution in [0.4, 0.5) is 5.00 Å². The molecule has 0 radical (unpaired) electrons. The number of thiophene rings is 1. The molecule has 1 aromatic carbocycles. The molecule has 23 heavy (non-hydrogen) atoms. The Morgan fingerprint density at radius 1 is 1.17 bits per heavy atom. The van der Waals surface area contributed by atoms with Crippen molar-refractivity contribution < 1.29 is 4.79 Å². The molecule has 0 unspecified atom stereocenters. The Bertz CT molecular complexity index is 707. The molecule has 2 aromatic rings. The van der Waals surface area contributed by atoms with Crippen LogP contribution in [0.5, 0.6) is 0 Å². The minimum Gasteiger partial charge on any atom is -0.363 e. The number of carbonyl (C=O) groups is 1. The molecule has 0 atom stereocenters. The second kappa shape index (κ2) is 7.62. The van der Waals surface area contributed by atoms with Gasteiger partial charge in [0, 0.05) is 18.0 Å². The number of halogens is 1. The van der Waals surface area contributed by atoms with Crippen LogP contribution in [0.15, 0.2) is 41.5 Å². The lowest BCUT2D eigenvalue weighted by molar-refractivity contribution is 0.0955. The summed E-state index contributed by atoms with van der Waals surface area (Å²) in [6.07, 6.45) is 5.52. The number of rotatable bonds is 4. The van der Waals surface area contributed by atoms with Gasteiger partial charge in [-0.25, -0.2) is 5.43 Å². The summed E-state index contributed by atoms with van der Waals surface area (Å²) >= 11 is 7.68. The van der Waals surface area contributed by atoms with Crippen molar-refractivity contribution in [3.8, 4) is 0 Å². The number of benzene rings is 1. The fourth-order valence-electron chi connectivity index (χ4n) is 2.56. The van der Waals surface area contributed by atoms with Gasteiger partial charge >= 0.3 is 0 Å². The standard InChI is InChI=1S/C17H18ClN3OS/c18-15-7-3-2-6-14(15)17(22)20-19-12-13-8-9-16(23-13)21-10-4-1-5-11-21/h2-3,6-9,12H,1,4-5,10-11H2,(H,20,22)/b19-12-. The molecule has 4 nitrogen and oxygen atoms in total. The zero-order valence-electron chi connectivity index (χ0n) is 12.7. The van der Waals surface area contributed by atoms with E-state index in [1.165, 1.54) is 24.3 Å². The average Bonchev–Trinajstić information content (AvgIpc) is 3.05. The summed E-state index contributed by atoms with van der Waals surface area (Å²) in [6, 6.07) is 11.1. The molecule has 1 N–H and O–H groups in total. The van der Waals surface area contributed by atoms with Gasteiger partial charge < -0.3 is 4.90 Å². The van der Waals surface area contributed by atoms with E-state index in [4.69, 9.17) is 11.6 Å². The number of hydrazone groups is 1. The SMILES string of the molecule is O=C(N/N=C\c1ccc(N2CCCCC2)s1)c1ccccc1Cl. The number of nitrogens with one attached hydrogen (secondary N) is 1. The molecule has 1 aromatic heterocycles. The van der Waals surface area contributed by atoms with Crippen molar-refractivity contribution in [2.45, 2.75) is 19.3 Å². The van der Waals surface area contributed by atoms with E-state index in [1.807, 2.05) is 6.07 Å². The van der Waals surface area contributed by atoms with Gasteiger partial charge in [0.2, 0.25) is 0 Å². The Morgan fingerprint density at radius 2 is 1.96 bits per heavy atom. The third-order valence-corrected chi connectivity index (χ3v) is 5.17. The molecular formula is C17H18ClN3OS. The van der Waals surface area contributed by atoms with Crippen LogP contribution in [0, 0.1) is 0 Å². The van der Waals surface area contributed by atoms with Crippen molar-refractivity contribution >= 4 is 40.1 Å². The zero-order chi connectivity index (χ0) is 16.1. The van der Waals surface area contributed by atoms with Gasteiger partial charge in [-0.3, -0.25) is 4.79 Å². The van der Waals surface area contributed by atoms with Crippen molar-refractivity contribution in [3.63, 3.8) is 0 Å². The fourth-order valence-corrected chi connectivity index (χ4v) is 3.71. The first-order valence-electron chi connectivity index (χ1n) is 7.67. The van der Waals surface area contributed by atoms with Gasteiger partial charge in [-0.1, -0.05) is 23.7 Å². The highest BCUT2D eigenvalue weighted by molar-refractivity contribution is 7.17. The van der Waals surface area contributed by atoms with E-state index in [0.717, 1.165) is 18.0 Å². The summed E-state index contributed by atoms with van der Waals surface area (Å²) in [7, 11) is 0. The topological polar surface area (TPSA) is 44.7 Å². The molecule has 0 aliphatic carbocycles. The Balaban J connectivity index is 1.59. The third kappa shape index (κ3) is 4.12. The second-order valence-corrected chi connectivity index (χ2v) is 6.90. The summed E-state index contributed by atoms with van der Waals surface area (Å²) < 4.78 is 0. The van der Waals surface area contributed by atoms with Crippen molar-refractivity contribution in [1.82, 2.24) is 5.43 Å². The average molecular weight is 348 g/mol. The Labute approximate surface area is 144 Å². The van der Waals surface area contributed by atoms with Gasteiger partial charge in [0.05, 0.1) is 21.8 Å². The van der Waals surface area contributed by atoms with E-state index >= 15 is 0 Å². The minimum atomic E-state index is -0.306. The van der Waals surface area contributed by atoms with Crippen LogP contribution < -0.4 is 10.3 Å². The van der Waals surface area contributed by atoms with E-state index in [2.05, 4.69) is 21.5 Å². The predicted molar refractivity (Wildman–Crippen MR) is 96.9 cm³/mol. The summed E-state index contributed by atoms with van der Waals surface area (Å²) in [5.74, 6) is -0.306. The van der Waals surface area contributed by atoms with Crippen LogP contribution in [0.2, 0.25) is 5.02 Å². The molecule has 1 fully saturated rings. The Morgan fingerprint density at radius 3 is 2.74 bits per heavy atom. The Kier molecular flexibility index (Phi) is 5.31. The first kappa shape index (κ1) is 16.0. The van der Waals surface area contributed by atoms with Crippen molar-refractivity contribution in [1.29, 1.82) is 0 Å². The maximum atomic E-state index is 12.0. The van der Waals surface area contributed by atoms with Crippen molar-refractivity contribution in [3.05, 3.63) is 51.9 Å². The first-order valence-corrected chi connectivity index (χ1v) is 8.86. The number of anilines is 1. The van der Waals surface area contributed by atoms with Crippen LogP contribution in [0.3, 0.4) is 0 Å². The fraction of sp³-hybridized carbons (Fsp3) is 0.294. The lowest BCUT2D eigenvalue weighted by atomic mass is 10.1. The summed E-state index contributed by atoms with van der Waals surface area (Å²) in [5, 5.41) is 5.71. The molecule has 3 rings (SSSR count). The smallest absolute Gasteiger partial charge is 0.272 e. The highest BCUT2D eigenvalue weighted by atomic mass is 35.5. The van der Waals surface area contributed by atoms with Gasteiger partial charge in [-0.2, -0.15) is 5.10 Å². The number of piperidine rings is 1. The largest absolute Gasteiger partial charge is 0.363 e. The summed E-state index contributed by atoms with van der Waals surface area (Å²) in [4.78, 5) is 15.4. The normalized spacial score (nSPS) is 15.1. The number of amides is 1. The summed E-state index contributed by atoms with van der Waals surface area (Å²) in [6.45, 7) is 2.25. The van der Waals surface area contributed by atoms with Gasteiger partial charge in [0.25, 0.3) is 5.91 Å². The minimum absolute atomic E-state index is 0.306. The molecule has 6 heteroatoms. The number of hydrogen-bond donors (Lipinski definition) is 1. The van der Waals surface area contributed by atoms with Crippen molar-refractivity contribution in [2.75, 3.05) is 18.0 Å². The van der Waals surface area contributed by atoms with E-state index < -0.39 is 0 Å². The lowest BCUT2D eigenvalue weighted by Gasteiger charge is -2.27. The number of carbonyl (C=O) groups excluding carboxylic acids is 1. The van der Waals surface area contributed by atoms with Crippen LogP contribution in [0.1, 0.15) is 34.5 Å². The molecule has 1 amide bonds. The molecule has 1 aliphatic heterocycles. The first-order chi connectivity index (χ1) is 11.2. The van der Waals surface area contributed by atoms with E-state index in [0.29, 0.717) is 10.6 Å². The highest BCUT2D eigenvalue weighted by Crippen LogP contribution is 2.27. The molecule has 1 saturated heterocycles. The molecule has 120 valence electrons. The van der Waals surface area contributed by atoms with Crippen LogP contribution in [0.25, 0.3) is 0 Å². The number of hydrogen-bond acceptors (Lipinski definition) is 4. The van der Waals surface area contributed by atoms with Crippen molar-refractivity contribution in [2.24, 2.45) is 5.10 Å². The van der Waals surface area contributed by atoms with E-state index in [-0.39, 0.29) is 5.91 Å². The highest BCUT2D eigenvalue weighted by Gasteiger charge is 2.12. The second-order valence-electron chi connectivity index (χ2n) is 5.40. The van der Waals surface area contributed by atoms with Gasteiger partial charge in [0.15, 0.2) is 0 Å². The molecule has 0 bridgehead atoms. The number of nitrogens with zero attached hydrogens (tertiary/aromatic N) is 2. The maximum Gasteiger partial charge on any atom is 0.272 e. The van der Waals surface area contributed by atoms with Crippen LogP contribution >= 0.6 is 22.9 Å². The van der Waals surface area contributed by atoms with Crippen LogP contribution in [-0.4, -0.2) is 25.2 Å². The van der Waals surface area contributed by atoms with Gasteiger partial charge in [0.1, 0.15) is 0 Å². The third-order valence-electron chi connectivity index (χ3n) is 3.76. The van der Waals surface area contributed by atoms with E-state index in [9.17, 15) is 4.79 Å².